The Labute approximate surface area is 119 Å². The van der Waals surface area contributed by atoms with E-state index in [1.807, 2.05) is 6.07 Å². The highest BCUT2D eigenvalue weighted by Crippen LogP contribution is 2.39. The van der Waals surface area contributed by atoms with Gasteiger partial charge in [-0.25, -0.2) is 4.99 Å². The van der Waals surface area contributed by atoms with Crippen LogP contribution in [0.15, 0.2) is 34.8 Å². The quantitative estimate of drug-likeness (QED) is 0.374. The molecule has 1 saturated heterocycles. The molecule has 10 nitrogen and oxygen atoms in total. The highest BCUT2D eigenvalue weighted by atomic mass is 16.6. The van der Waals surface area contributed by atoms with Crippen LogP contribution in [0.1, 0.15) is 0 Å². The minimum atomic E-state index is -1.87. The standard InChI is InChI=1S/C11H14N7O3/c1-6-15-8(13)2-3-18(6)10-7(4-12)9(20)11(5-19,21-10)16-17-14/h2-3,7,9-10,14,19-20H,1,5H2,(H2,13,15)/q+1/t7-,9-,10+,11+/m0/s1. The number of hydrogen-bond donors (Lipinski definition) is 4. The van der Waals surface area contributed by atoms with Crippen LogP contribution in [0, 0.1) is 22.8 Å². The number of nitrogens with one attached hydrogen (secondary N) is 1. The van der Waals surface area contributed by atoms with Crippen molar-refractivity contribution in [3.63, 3.8) is 0 Å². The predicted molar refractivity (Wildman–Crippen MR) is 68.8 cm³/mol. The molecule has 0 aromatic carbocycles. The number of nitrogens with two attached hydrogens (primary N) is 1. The minimum absolute atomic E-state index is 0.212. The third kappa shape index (κ3) is 2.31. The molecule has 0 bridgehead atoms. The van der Waals surface area contributed by atoms with Crippen LogP contribution in [0.2, 0.25) is 0 Å². The van der Waals surface area contributed by atoms with E-state index in [0.717, 1.165) is 0 Å². The molecule has 21 heavy (non-hydrogen) atoms. The van der Waals surface area contributed by atoms with E-state index in [-0.39, 0.29) is 11.7 Å². The van der Waals surface area contributed by atoms with Crippen LogP contribution in [0.3, 0.4) is 0 Å². The van der Waals surface area contributed by atoms with Crippen molar-refractivity contribution in [2.24, 2.45) is 21.8 Å². The molecule has 5 N–H and O–H groups in total. The van der Waals surface area contributed by atoms with E-state index in [4.69, 9.17) is 16.0 Å². The Hall–Kier alpha value is -2.57. The lowest BCUT2D eigenvalue weighted by Gasteiger charge is -2.30. The number of nitrogens with zero attached hydrogens (tertiary/aromatic N) is 5. The zero-order valence-electron chi connectivity index (χ0n) is 10.9. The average Bonchev–Trinajstić information content (AvgIpc) is 2.72. The maximum atomic E-state index is 10.2. The van der Waals surface area contributed by atoms with Crippen molar-refractivity contribution in [3.8, 4) is 6.07 Å². The van der Waals surface area contributed by atoms with Crippen LogP contribution in [-0.2, 0) is 4.74 Å². The highest BCUT2D eigenvalue weighted by molar-refractivity contribution is 5.92. The lowest BCUT2D eigenvalue weighted by Crippen LogP contribution is -2.43. The Balaban J connectivity index is 2.37. The first kappa shape index (κ1) is 14.8. The van der Waals surface area contributed by atoms with Crippen LogP contribution in [0.25, 0.3) is 0 Å². The van der Waals surface area contributed by atoms with Gasteiger partial charge in [-0.05, 0) is 6.08 Å². The van der Waals surface area contributed by atoms with Gasteiger partial charge >= 0.3 is 0 Å². The van der Waals surface area contributed by atoms with Gasteiger partial charge in [0.25, 0.3) is 5.72 Å². The van der Waals surface area contributed by atoms with Gasteiger partial charge < -0.3 is 25.6 Å². The first-order chi connectivity index (χ1) is 9.99. The smallest absolute Gasteiger partial charge is 0.294 e. The van der Waals surface area contributed by atoms with E-state index in [1.54, 1.807) is 0 Å². The Morgan fingerprint density at radius 1 is 1.76 bits per heavy atom. The molecular formula is C11H14N7O3+. The fraction of sp³-hybridized carbons (Fsp3) is 0.455. The van der Waals surface area contributed by atoms with Gasteiger partial charge in [-0.15, -0.1) is 0 Å². The van der Waals surface area contributed by atoms with Gasteiger partial charge in [-0.1, -0.05) is 6.58 Å². The fourth-order valence-electron chi connectivity index (χ4n) is 2.20. The SMILES string of the molecule is C=C1N=C(N)C=CN1[C@@H]1O[C@@](CO)(N=[N+]=N)[C@@H](O)[C@@H]1C#N. The largest absolute Gasteiger partial charge is 0.391 e. The minimum Gasteiger partial charge on any atom is -0.391 e. The molecule has 0 aromatic rings. The van der Waals surface area contributed by atoms with Crippen molar-refractivity contribution in [3.05, 3.63) is 24.7 Å². The monoisotopic (exact) mass is 292 g/mol. The molecule has 0 spiro atoms. The molecule has 0 aromatic heterocycles. The average molecular weight is 292 g/mol. The summed E-state index contributed by atoms with van der Waals surface area (Å²) < 4.78 is 5.50. The number of nitriles is 1. The zero-order chi connectivity index (χ0) is 15.6. The van der Waals surface area contributed by atoms with Crippen LogP contribution in [0.4, 0.5) is 0 Å². The van der Waals surface area contributed by atoms with Crippen molar-refractivity contribution >= 4 is 5.84 Å². The Morgan fingerprint density at radius 3 is 3.00 bits per heavy atom. The Kier molecular flexibility index (Phi) is 3.84. The fourth-order valence-corrected chi connectivity index (χ4v) is 2.20. The molecule has 4 atom stereocenters. The molecule has 2 heterocycles. The van der Waals surface area contributed by atoms with Crippen LogP contribution < -0.4 is 10.6 Å². The van der Waals surface area contributed by atoms with Gasteiger partial charge in [0.15, 0.2) is 11.3 Å². The summed E-state index contributed by atoms with van der Waals surface area (Å²) >= 11 is 0. The molecular weight excluding hydrogens is 278 g/mol. The summed E-state index contributed by atoms with van der Waals surface area (Å²) in [5.41, 5.74) is 10.4. The van der Waals surface area contributed by atoms with E-state index >= 15 is 0 Å². The van der Waals surface area contributed by atoms with Gasteiger partial charge in [-0.2, -0.15) is 5.26 Å². The van der Waals surface area contributed by atoms with Crippen LogP contribution in [0.5, 0.6) is 0 Å². The first-order valence-corrected chi connectivity index (χ1v) is 5.93. The summed E-state index contributed by atoms with van der Waals surface area (Å²) in [6, 6.07) is 1.89. The third-order valence-corrected chi connectivity index (χ3v) is 3.27. The lowest BCUT2D eigenvalue weighted by atomic mass is 9.97. The van der Waals surface area contributed by atoms with E-state index < -0.39 is 30.6 Å². The number of aliphatic hydroxyl groups excluding tert-OH is 2. The normalized spacial score (nSPS) is 35.1. The lowest BCUT2D eigenvalue weighted by molar-refractivity contribution is -0.133. The zero-order valence-corrected chi connectivity index (χ0v) is 10.9. The summed E-state index contributed by atoms with van der Waals surface area (Å²) in [7, 11) is 0. The molecule has 2 rings (SSSR count). The third-order valence-electron chi connectivity index (χ3n) is 3.27. The Bertz CT molecular complexity index is 603. The molecule has 0 radical (unpaired) electrons. The van der Waals surface area contributed by atoms with Gasteiger partial charge in [0, 0.05) is 6.20 Å². The Morgan fingerprint density at radius 2 is 2.48 bits per heavy atom. The summed E-state index contributed by atoms with van der Waals surface area (Å²) in [6.07, 6.45) is 0.515. The molecule has 2 aliphatic rings. The van der Waals surface area contributed by atoms with E-state index in [1.165, 1.54) is 17.2 Å². The van der Waals surface area contributed by atoms with Gasteiger partial charge in [-0.3, -0.25) is 0 Å². The molecule has 1 fully saturated rings. The van der Waals surface area contributed by atoms with Crippen molar-refractivity contribution in [2.45, 2.75) is 18.1 Å². The molecule has 0 aliphatic carbocycles. The molecule has 2 aliphatic heterocycles. The van der Waals surface area contributed by atoms with E-state index in [2.05, 4.69) is 21.6 Å². The second kappa shape index (κ2) is 5.43. The van der Waals surface area contributed by atoms with Crippen molar-refractivity contribution in [2.75, 3.05) is 6.61 Å². The maximum Gasteiger partial charge on any atom is 0.294 e. The van der Waals surface area contributed by atoms with Crippen LogP contribution in [-0.4, -0.2) is 45.6 Å². The summed E-state index contributed by atoms with van der Waals surface area (Å²) in [5, 5.41) is 32.3. The first-order valence-electron chi connectivity index (χ1n) is 5.93. The molecule has 0 unspecified atom stereocenters. The second-order valence-corrected chi connectivity index (χ2v) is 4.49. The van der Waals surface area contributed by atoms with E-state index in [9.17, 15) is 15.5 Å². The topological polar surface area (TPSA) is 165 Å². The van der Waals surface area contributed by atoms with Crippen molar-refractivity contribution in [1.29, 1.82) is 10.8 Å². The van der Waals surface area contributed by atoms with Crippen molar-refractivity contribution in [1.82, 2.24) is 9.81 Å². The predicted octanol–water partition coefficient (Wildman–Crippen LogP) is -1.26. The van der Waals surface area contributed by atoms with E-state index in [0.29, 0.717) is 0 Å². The molecule has 110 valence electrons. The molecule has 0 amide bonds. The number of rotatable bonds is 3. The van der Waals surface area contributed by atoms with Crippen molar-refractivity contribution < 1.29 is 14.9 Å². The highest BCUT2D eigenvalue weighted by Gasteiger charge is 2.60. The van der Waals surface area contributed by atoms with Gasteiger partial charge in [0.05, 0.1) is 6.07 Å². The summed E-state index contributed by atoms with van der Waals surface area (Å²) in [6.45, 7) is 2.95. The maximum absolute atomic E-state index is 10.2. The van der Waals surface area contributed by atoms with Crippen LogP contribution >= 0.6 is 0 Å². The second-order valence-electron chi connectivity index (χ2n) is 4.49. The number of hydrogen-bond acceptors (Lipinski definition) is 9. The summed E-state index contributed by atoms with van der Waals surface area (Å²) in [5.74, 6) is -0.606. The number of aliphatic hydroxyl groups is 2. The molecule has 10 heteroatoms. The molecule has 0 saturated carbocycles. The number of ether oxygens (including phenoxy) is 1. The number of amidine groups is 1. The van der Waals surface area contributed by atoms with Gasteiger partial charge in [0.1, 0.15) is 35.8 Å². The van der Waals surface area contributed by atoms with Gasteiger partial charge in [0.2, 0.25) is 4.91 Å². The summed E-state index contributed by atoms with van der Waals surface area (Å²) in [4.78, 5) is 8.13. The number of aliphatic imine (C=N–C) groups is 1.